The monoisotopic (exact) mass is 391 g/mol. The van der Waals surface area contributed by atoms with Gasteiger partial charge in [0, 0.05) is 14.1 Å². The van der Waals surface area contributed by atoms with Gasteiger partial charge in [0.25, 0.3) is 0 Å². The second kappa shape index (κ2) is 10.4. The van der Waals surface area contributed by atoms with Crippen LogP contribution < -0.4 is 15.4 Å². The van der Waals surface area contributed by atoms with Gasteiger partial charge in [0.15, 0.2) is 0 Å². The molecule has 8 heteroatoms. The first-order valence-electron chi connectivity index (χ1n) is 8.66. The van der Waals surface area contributed by atoms with E-state index in [2.05, 4.69) is 15.4 Å². The molecule has 0 aromatic heterocycles. The zero-order valence-electron chi connectivity index (χ0n) is 15.7. The number of ether oxygens (including phenoxy) is 1. The zero-order valence-corrected chi connectivity index (χ0v) is 15.7. The van der Waals surface area contributed by atoms with Crippen LogP contribution in [0.4, 0.5) is 8.78 Å². The van der Waals surface area contributed by atoms with E-state index in [0.29, 0.717) is 0 Å². The van der Waals surface area contributed by atoms with Gasteiger partial charge in [-0.3, -0.25) is 14.9 Å². The summed E-state index contributed by atoms with van der Waals surface area (Å²) in [6, 6.07) is 15.3. The molecular formula is C20H23F2N3O3. The number of benzene rings is 2. The normalized spacial score (nSPS) is 11.8. The lowest BCUT2D eigenvalue weighted by Gasteiger charge is -2.20. The van der Waals surface area contributed by atoms with Gasteiger partial charge in [0.2, 0.25) is 11.8 Å². The van der Waals surface area contributed by atoms with Crippen LogP contribution in [-0.4, -0.2) is 50.5 Å². The topological polar surface area (TPSA) is 70.7 Å². The van der Waals surface area contributed by atoms with Crippen LogP contribution in [0.1, 0.15) is 17.2 Å². The fourth-order valence-electron chi connectivity index (χ4n) is 2.50. The van der Waals surface area contributed by atoms with Crippen molar-refractivity contribution in [3.05, 3.63) is 65.7 Å². The van der Waals surface area contributed by atoms with E-state index in [1.165, 1.54) is 17.0 Å². The van der Waals surface area contributed by atoms with E-state index in [1.807, 2.05) is 30.3 Å². The van der Waals surface area contributed by atoms with E-state index in [0.717, 1.165) is 11.1 Å². The van der Waals surface area contributed by atoms with Crippen LogP contribution in [0.15, 0.2) is 54.6 Å². The molecule has 0 aliphatic carbocycles. The number of alkyl halides is 2. The molecule has 0 fully saturated rings. The lowest BCUT2D eigenvalue weighted by molar-refractivity contribution is -0.130. The molecule has 28 heavy (non-hydrogen) atoms. The third-order valence-electron chi connectivity index (χ3n) is 3.97. The molecule has 2 N–H and O–H groups in total. The molecule has 2 rings (SSSR count). The quantitative estimate of drug-likeness (QED) is 0.687. The van der Waals surface area contributed by atoms with Crippen molar-refractivity contribution in [3.8, 4) is 5.75 Å². The maximum atomic E-state index is 12.3. The third kappa shape index (κ3) is 6.62. The van der Waals surface area contributed by atoms with Crippen LogP contribution in [0.25, 0.3) is 0 Å². The summed E-state index contributed by atoms with van der Waals surface area (Å²) in [5, 5.41) is 5.70. The number of amides is 2. The standard InChI is InChI=1S/C20H23F2N3O3/c1-25(2)18(27)13-23-17(26)12-24-19(14-6-4-3-5-7-14)15-8-10-16(11-9-15)28-20(21)22/h3-11,19-20,24H,12-13H2,1-2H3,(H,23,26)/t19-/m1/s1. The molecule has 0 saturated heterocycles. The second-order valence-electron chi connectivity index (χ2n) is 6.24. The van der Waals surface area contributed by atoms with Crippen molar-refractivity contribution in [1.82, 2.24) is 15.5 Å². The van der Waals surface area contributed by atoms with Gasteiger partial charge < -0.3 is 15.0 Å². The summed E-state index contributed by atoms with van der Waals surface area (Å²) in [5.41, 5.74) is 1.69. The Balaban J connectivity index is 2.06. The molecule has 0 aliphatic rings. The Morgan fingerprint density at radius 2 is 1.57 bits per heavy atom. The summed E-state index contributed by atoms with van der Waals surface area (Å²) in [4.78, 5) is 25.0. The predicted octanol–water partition coefficient (Wildman–Crippen LogP) is 2.17. The number of likely N-dealkylation sites (N-methyl/N-ethyl adjacent to an activating group) is 1. The van der Waals surface area contributed by atoms with E-state index >= 15 is 0 Å². The Hall–Kier alpha value is -3.00. The molecule has 0 heterocycles. The summed E-state index contributed by atoms with van der Waals surface area (Å²) in [7, 11) is 3.22. The summed E-state index contributed by atoms with van der Waals surface area (Å²) in [5.74, 6) is -0.470. The summed E-state index contributed by atoms with van der Waals surface area (Å²) in [6.45, 7) is -2.99. The molecule has 0 aliphatic heterocycles. The van der Waals surface area contributed by atoms with E-state index < -0.39 is 6.61 Å². The molecule has 150 valence electrons. The van der Waals surface area contributed by atoms with Crippen molar-refractivity contribution >= 4 is 11.8 Å². The number of hydrogen-bond donors (Lipinski definition) is 2. The second-order valence-corrected chi connectivity index (χ2v) is 6.24. The van der Waals surface area contributed by atoms with Gasteiger partial charge in [-0.15, -0.1) is 0 Å². The number of carbonyl (C=O) groups excluding carboxylic acids is 2. The lowest BCUT2D eigenvalue weighted by atomic mass is 9.98. The highest BCUT2D eigenvalue weighted by Crippen LogP contribution is 2.24. The van der Waals surface area contributed by atoms with Crippen molar-refractivity contribution in [2.75, 3.05) is 27.2 Å². The molecule has 0 saturated carbocycles. The number of nitrogens with one attached hydrogen (secondary N) is 2. The SMILES string of the molecule is CN(C)C(=O)CNC(=O)CN[C@H](c1ccccc1)c1ccc(OC(F)F)cc1. The van der Waals surface area contributed by atoms with Gasteiger partial charge in [0.1, 0.15) is 5.75 Å². The Morgan fingerprint density at radius 1 is 0.964 bits per heavy atom. The molecule has 1 atom stereocenters. The van der Waals surface area contributed by atoms with Crippen molar-refractivity contribution in [1.29, 1.82) is 0 Å². The third-order valence-corrected chi connectivity index (χ3v) is 3.97. The van der Waals surface area contributed by atoms with Crippen molar-refractivity contribution in [2.24, 2.45) is 0 Å². The fourth-order valence-corrected chi connectivity index (χ4v) is 2.50. The van der Waals surface area contributed by atoms with E-state index in [4.69, 9.17) is 0 Å². The van der Waals surface area contributed by atoms with Crippen LogP contribution in [0.3, 0.4) is 0 Å². The lowest BCUT2D eigenvalue weighted by Crippen LogP contribution is -2.41. The first kappa shape index (κ1) is 21.3. The number of hydrogen-bond acceptors (Lipinski definition) is 4. The average molecular weight is 391 g/mol. The molecule has 2 amide bonds. The number of rotatable bonds is 9. The summed E-state index contributed by atoms with van der Waals surface area (Å²) >= 11 is 0. The number of halogens is 2. The molecule has 0 radical (unpaired) electrons. The molecule has 0 bridgehead atoms. The number of carbonyl (C=O) groups is 2. The van der Waals surface area contributed by atoms with Crippen LogP contribution >= 0.6 is 0 Å². The van der Waals surface area contributed by atoms with Crippen LogP contribution in [0.5, 0.6) is 5.75 Å². The summed E-state index contributed by atoms with van der Waals surface area (Å²) < 4.78 is 29.0. The molecule has 0 spiro atoms. The van der Waals surface area contributed by atoms with Gasteiger partial charge in [-0.25, -0.2) is 0 Å². The fraction of sp³-hybridized carbons (Fsp3) is 0.300. The minimum atomic E-state index is -2.89. The van der Waals surface area contributed by atoms with Gasteiger partial charge >= 0.3 is 6.61 Å². The highest BCUT2D eigenvalue weighted by Gasteiger charge is 2.16. The Morgan fingerprint density at radius 3 is 2.14 bits per heavy atom. The van der Waals surface area contributed by atoms with E-state index in [1.54, 1.807) is 26.2 Å². The van der Waals surface area contributed by atoms with Gasteiger partial charge in [-0.05, 0) is 23.3 Å². The smallest absolute Gasteiger partial charge is 0.387 e. The minimum Gasteiger partial charge on any atom is -0.435 e. The molecule has 0 unspecified atom stereocenters. The molecule has 2 aromatic carbocycles. The maximum Gasteiger partial charge on any atom is 0.387 e. The first-order valence-corrected chi connectivity index (χ1v) is 8.66. The number of nitrogens with zero attached hydrogens (tertiary/aromatic N) is 1. The van der Waals surface area contributed by atoms with Gasteiger partial charge in [0.05, 0.1) is 19.1 Å². The summed E-state index contributed by atoms with van der Waals surface area (Å²) in [6.07, 6.45) is 0. The van der Waals surface area contributed by atoms with Gasteiger partial charge in [-0.1, -0.05) is 42.5 Å². The molecule has 6 nitrogen and oxygen atoms in total. The minimum absolute atomic E-state index is 0.0183. The van der Waals surface area contributed by atoms with Gasteiger partial charge in [-0.2, -0.15) is 8.78 Å². The maximum absolute atomic E-state index is 12.3. The van der Waals surface area contributed by atoms with Crippen molar-refractivity contribution < 1.29 is 23.1 Å². The Bertz CT molecular complexity index is 768. The molecule has 2 aromatic rings. The first-order chi connectivity index (χ1) is 13.4. The molecular weight excluding hydrogens is 368 g/mol. The van der Waals surface area contributed by atoms with Crippen molar-refractivity contribution in [3.63, 3.8) is 0 Å². The van der Waals surface area contributed by atoms with E-state index in [9.17, 15) is 18.4 Å². The van der Waals surface area contributed by atoms with Crippen LogP contribution in [0, 0.1) is 0 Å². The van der Waals surface area contributed by atoms with Crippen molar-refractivity contribution in [2.45, 2.75) is 12.7 Å². The zero-order chi connectivity index (χ0) is 20.5. The predicted molar refractivity (Wildman–Crippen MR) is 101 cm³/mol. The van der Waals surface area contributed by atoms with Crippen LogP contribution in [0.2, 0.25) is 0 Å². The highest BCUT2D eigenvalue weighted by molar-refractivity contribution is 5.85. The average Bonchev–Trinajstić information content (AvgIpc) is 2.67. The van der Waals surface area contributed by atoms with E-state index in [-0.39, 0.29) is 36.7 Å². The largest absolute Gasteiger partial charge is 0.435 e. The Kier molecular flexibility index (Phi) is 7.88. The van der Waals surface area contributed by atoms with Crippen LogP contribution in [-0.2, 0) is 9.59 Å². The Labute approximate surface area is 162 Å². The highest BCUT2D eigenvalue weighted by atomic mass is 19.3.